The van der Waals surface area contributed by atoms with Crippen LogP contribution in [0.3, 0.4) is 0 Å². The number of ether oxygens (including phenoxy) is 1. The largest absolute Gasteiger partial charge is 0.486 e. The summed E-state index contributed by atoms with van der Waals surface area (Å²) in [6.45, 7) is 7.30. The molecular weight excluding hydrogens is 454 g/mol. The van der Waals surface area contributed by atoms with E-state index in [1.165, 1.54) is 5.56 Å². The number of carbonyl (C=O) groups excluding carboxylic acids is 1. The third-order valence-corrected chi connectivity index (χ3v) is 8.93. The molecule has 2 heterocycles. The second-order valence-electron chi connectivity index (χ2n) is 9.66. The van der Waals surface area contributed by atoms with Crippen molar-refractivity contribution in [2.75, 3.05) is 23.9 Å². The SMILES string of the molecule is CC(C)(C)c1ccc(CN(C(=O)C2=C(c3ccccc3)SCCO2)[C@@H]2CCS(=O)(=O)C2)cc1. The zero-order chi connectivity index (χ0) is 23.6. The van der Waals surface area contributed by atoms with E-state index in [4.69, 9.17) is 4.74 Å². The second kappa shape index (κ2) is 9.55. The Kier molecular flexibility index (Phi) is 6.91. The first-order chi connectivity index (χ1) is 15.6. The fraction of sp³-hybridized carbons (Fsp3) is 0.423. The number of thioether (sulfide) groups is 1. The van der Waals surface area contributed by atoms with Gasteiger partial charge in [0, 0.05) is 18.3 Å². The minimum absolute atomic E-state index is 0.0000914. The molecule has 0 saturated carbocycles. The van der Waals surface area contributed by atoms with E-state index in [0.717, 1.165) is 21.8 Å². The summed E-state index contributed by atoms with van der Waals surface area (Å²) in [6.07, 6.45) is 0.454. The highest BCUT2D eigenvalue weighted by molar-refractivity contribution is 8.08. The Morgan fingerprint density at radius 2 is 1.79 bits per heavy atom. The van der Waals surface area contributed by atoms with Crippen LogP contribution in [0.5, 0.6) is 0 Å². The van der Waals surface area contributed by atoms with Crippen molar-refractivity contribution in [3.05, 3.63) is 77.0 Å². The molecule has 0 bridgehead atoms. The maximum absolute atomic E-state index is 13.8. The van der Waals surface area contributed by atoms with Crippen LogP contribution in [0, 0.1) is 0 Å². The first kappa shape index (κ1) is 23.9. The highest BCUT2D eigenvalue weighted by Gasteiger charge is 2.37. The van der Waals surface area contributed by atoms with Crippen LogP contribution in [0.2, 0.25) is 0 Å². The van der Waals surface area contributed by atoms with Gasteiger partial charge in [-0.15, -0.1) is 11.8 Å². The fourth-order valence-corrected chi connectivity index (χ4v) is 6.89. The van der Waals surface area contributed by atoms with Crippen molar-refractivity contribution in [3.8, 4) is 0 Å². The Balaban J connectivity index is 1.68. The smallest absolute Gasteiger partial charge is 0.290 e. The third kappa shape index (κ3) is 5.64. The van der Waals surface area contributed by atoms with Gasteiger partial charge in [-0.3, -0.25) is 4.79 Å². The van der Waals surface area contributed by atoms with E-state index >= 15 is 0 Å². The van der Waals surface area contributed by atoms with Gasteiger partial charge in [-0.25, -0.2) is 8.42 Å². The number of benzene rings is 2. The lowest BCUT2D eigenvalue weighted by atomic mass is 9.86. The van der Waals surface area contributed by atoms with E-state index < -0.39 is 9.84 Å². The molecular formula is C26H31NO4S2. The molecule has 0 N–H and O–H groups in total. The highest BCUT2D eigenvalue weighted by atomic mass is 32.2. The molecule has 0 unspecified atom stereocenters. The van der Waals surface area contributed by atoms with Crippen LogP contribution in [0.1, 0.15) is 43.9 Å². The normalized spacial score (nSPS) is 20.4. The standard InChI is InChI=1S/C26H31NO4S2/c1-26(2,3)21-11-9-19(10-12-21)17-27(22-13-16-33(29,30)18-22)25(28)23-24(32-15-14-31-23)20-7-5-4-6-8-20/h4-12,22H,13-18H2,1-3H3/t22-/m1/s1. The lowest BCUT2D eigenvalue weighted by Crippen LogP contribution is -2.42. The summed E-state index contributed by atoms with van der Waals surface area (Å²) in [6, 6.07) is 17.7. The van der Waals surface area contributed by atoms with E-state index in [2.05, 4.69) is 32.9 Å². The van der Waals surface area contributed by atoms with Crippen molar-refractivity contribution >= 4 is 32.4 Å². The predicted octanol–water partition coefficient (Wildman–Crippen LogP) is 4.63. The van der Waals surface area contributed by atoms with Gasteiger partial charge < -0.3 is 9.64 Å². The summed E-state index contributed by atoms with van der Waals surface area (Å²) >= 11 is 1.61. The molecule has 1 atom stereocenters. The molecule has 1 amide bonds. The molecule has 4 rings (SSSR count). The highest BCUT2D eigenvalue weighted by Crippen LogP contribution is 2.36. The summed E-state index contributed by atoms with van der Waals surface area (Å²) < 4.78 is 30.4. The van der Waals surface area contributed by atoms with Gasteiger partial charge in [0.1, 0.15) is 0 Å². The zero-order valence-electron chi connectivity index (χ0n) is 19.4. The van der Waals surface area contributed by atoms with Crippen LogP contribution in [-0.2, 0) is 31.3 Å². The minimum Gasteiger partial charge on any atom is -0.486 e. The number of nitrogens with zero attached hydrogens (tertiary/aromatic N) is 1. The summed E-state index contributed by atoms with van der Waals surface area (Å²) in [5.74, 6) is 0.980. The molecule has 7 heteroatoms. The van der Waals surface area contributed by atoms with Gasteiger partial charge in [0.2, 0.25) is 0 Å². The Labute approximate surface area is 201 Å². The molecule has 176 valence electrons. The molecule has 5 nitrogen and oxygen atoms in total. The average molecular weight is 486 g/mol. The van der Waals surface area contributed by atoms with Crippen LogP contribution < -0.4 is 0 Å². The molecule has 2 aromatic carbocycles. The number of rotatable bonds is 5. The van der Waals surface area contributed by atoms with E-state index in [1.54, 1.807) is 16.7 Å². The third-order valence-electron chi connectivity index (χ3n) is 6.10. The van der Waals surface area contributed by atoms with Gasteiger partial charge in [-0.1, -0.05) is 75.4 Å². The topological polar surface area (TPSA) is 63.7 Å². The van der Waals surface area contributed by atoms with Crippen molar-refractivity contribution in [3.63, 3.8) is 0 Å². The molecule has 33 heavy (non-hydrogen) atoms. The number of hydrogen-bond acceptors (Lipinski definition) is 5. The Morgan fingerprint density at radius 3 is 2.39 bits per heavy atom. The minimum atomic E-state index is -3.14. The first-order valence-electron chi connectivity index (χ1n) is 11.3. The fourth-order valence-electron chi connectivity index (χ4n) is 4.21. The van der Waals surface area contributed by atoms with Gasteiger partial charge >= 0.3 is 0 Å². The van der Waals surface area contributed by atoms with Crippen molar-refractivity contribution in [1.29, 1.82) is 0 Å². The Morgan fingerprint density at radius 1 is 1.09 bits per heavy atom. The summed E-state index contributed by atoms with van der Waals surface area (Å²) in [4.78, 5) is 16.4. The summed E-state index contributed by atoms with van der Waals surface area (Å²) in [5.41, 5.74) is 3.18. The lowest BCUT2D eigenvalue weighted by Gasteiger charge is -2.31. The molecule has 2 aliphatic heterocycles. The van der Waals surface area contributed by atoms with Crippen LogP contribution in [0.4, 0.5) is 0 Å². The average Bonchev–Trinajstić information content (AvgIpc) is 3.16. The quantitative estimate of drug-likeness (QED) is 0.618. The van der Waals surface area contributed by atoms with Gasteiger partial charge in [-0.05, 0) is 28.5 Å². The van der Waals surface area contributed by atoms with Crippen LogP contribution >= 0.6 is 11.8 Å². The van der Waals surface area contributed by atoms with E-state index in [-0.39, 0.29) is 28.9 Å². The van der Waals surface area contributed by atoms with E-state index in [9.17, 15) is 13.2 Å². The van der Waals surface area contributed by atoms with E-state index in [1.807, 2.05) is 42.5 Å². The van der Waals surface area contributed by atoms with Crippen molar-refractivity contribution in [2.45, 2.75) is 45.2 Å². The van der Waals surface area contributed by atoms with Gasteiger partial charge in [-0.2, -0.15) is 0 Å². The number of carbonyl (C=O) groups is 1. The maximum atomic E-state index is 13.8. The zero-order valence-corrected chi connectivity index (χ0v) is 21.0. The van der Waals surface area contributed by atoms with Crippen molar-refractivity contribution in [1.82, 2.24) is 4.90 Å². The van der Waals surface area contributed by atoms with Gasteiger partial charge in [0.15, 0.2) is 15.6 Å². The maximum Gasteiger partial charge on any atom is 0.290 e. The Bertz CT molecular complexity index is 1130. The molecule has 0 aliphatic carbocycles. The molecule has 1 saturated heterocycles. The van der Waals surface area contributed by atoms with Crippen LogP contribution in [0.15, 0.2) is 60.4 Å². The Hall–Kier alpha value is -2.25. The summed E-state index contributed by atoms with van der Waals surface area (Å²) in [5, 5.41) is 0. The second-order valence-corrected chi connectivity index (χ2v) is 13.0. The molecule has 0 spiro atoms. The molecule has 0 aromatic heterocycles. The van der Waals surface area contributed by atoms with Crippen molar-refractivity contribution in [2.24, 2.45) is 0 Å². The van der Waals surface area contributed by atoms with Crippen LogP contribution in [-0.4, -0.2) is 49.1 Å². The number of hydrogen-bond donors (Lipinski definition) is 0. The molecule has 0 radical (unpaired) electrons. The number of amides is 1. The monoisotopic (exact) mass is 485 g/mol. The van der Waals surface area contributed by atoms with Gasteiger partial charge in [0.25, 0.3) is 5.91 Å². The van der Waals surface area contributed by atoms with Gasteiger partial charge in [0.05, 0.1) is 23.0 Å². The summed E-state index contributed by atoms with van der Waals surface area (Å²) in [7, 11) is -3.14. The van der Waals surface area contributed by atoms with Crippen molar-refractivity contribution < 1.29 is 17.9 Å². The number of sulfone groups is 1. The molecule has 2 aromatic rings. The predicted molar refractivity (Wildman–Crippen MR) is 135 cm³/mol. The van der Waals surface area contributed by atoms with E-state index in [0.29, 0.717) is 25.3 Å². The van der Waals surface area contributed by atoms with Crippen LogP contribution in [0.25, 0.3) is 4.91 Å². The molecule has 1 fully saturated rings. The lowest BCUT2D eigenvalue weighted by molar-refractivity contribution is -0.133. The first-order valence-corrected chi connectivity index (χ1v) is 14.1. The molecule has 2 aliphatic rings.